The van der Waals surface area contributed by atoms with Crippen LogP contribution in [0, 0.1) is 36.5 Å². The number of aliphatic hydroxyl groups excluding tert-OH is 1. The van der Waals surface area contributed by atoms with E-state index in [9.17, 15) is 18.7 Å². The van der Waals surface area contributed by atoms with Crippen LogP contribution in [0.25, 0.3) is 0 Å². The first-order chi connectivity index (χ1) is 39.8. The normalized spacial score (nSPS) is 6.36. The summed E-state index contributed by atoms with van der Waals surface area (Å²) in [5.41, 5.74) is -1.68. The number of ether oxygens (including phenoxy) is 3. The van der Waals surface area contributed by atoms with Gasteiger partial charge < -0.3 is 65.0 Å². The maximum Gasteiger partial charge on any atom is 1.00 e. The second-order valence-corrected chi connectivity index (χ2v) is 12.6. The van der Waals surface area contributed by atoms with Crippen LogP contribution in [0.2, 0.25) is 13.6 Å². The van der Waals surface area contributed by atoms with E-state index < -0.39 is 37.5 Å². The van der Waals surface area contributed by atoms with Gasteiger partial charge >= 0.3 is 107 Å². The monoisotopic (exact) mass is 1370 g/mol. The Kier molecular flexibility index (Phi) is 627. The average molecular weight is 1370 g/mol. The van der Waals surface area contributed by atoms with E-state index in [0.29, 0.717) is 12.0 Å². The molecule has 24 heteroatoms. The number of carboxylic acid groups (broad SMARTS) is 1. The molecule has 548 valence electrons. The molecule has 17 nitrogen and oxygen atoms in total. The Morgan fingerprint density at radius 1 is 0.584 bits per heavy atom. The van der Waals surface area contributed by atoms with Gasteiger partial charge in [-0.15, -0.1) is 36.2 Å². The maximum absolute atomic E-state index is 11.2. The van der Waals surface area contributed by atoms with Crippen LogP contribution < -0.4 is 86.0 Å². The number of thiocarbonyl (C=S) groups is 1. The van der Waals surface area contributed by atoms with Crippen molar-refractivity contribution in [1.29, 1.82) is 0 Å². The van der Waals surface area contributed by atoms with Crippen molar-refractivity contribution < 1.29 is 175 Å². The van der Waals surface area contributed by atoms with Crippen LogP contribution in [0.4, 0.5) is 8.78 Å². The summed E-state index contributed by atoms with van der Waals surface area (Å²) in [6.07, 6.45) is 19.1. The number of terminal acetylenes is 2. The molecule has 10 N–H and O–H groups in total. The van der Waals surface area contributed by atoms with Gasteiger partial charge in [0, 0.05) is 41.9 Å². The number of alkyl halides is 2. The number of esters is 1. The summed E-state index contributed by atoms with van der Waals surface area (Å²) in [6, 6.07) is 0. The Morgan fingerprint density at radius 3 is 0.663 bits per heavy atom. The SMILES string of the molecule is C#CC.C#CC(C)(C)O.CB(O)O.CB(O)O.CC.CC.CC.CC.CC.CC.CC.CC.CC.CC#CC.CC(=O)O.CC(C)(C)[O-].CC=CC.CC=CC.CC=O.CCC.CCCC.CO.COC(C)(F)F.COC(C)=O.COC(C)=S.OO.[K+].[Na+].[OH-]. The molecule has 89 heavy (non-hydrogen) atoms. The molecule has 0 fully saturated rings. The van der Waals surface area contributed by atoms with Crippen molar-refractivity contribution in [3.05, 3.63) is 24.3 Å². The van der Waals surface area contributed by atoms with Gasteiger partial charge in [0.1, 0.15) is 11.9 Å². The molecule has 0 aliphatic carbocycles. The van der Waals surface area contributed by atoms with Crippen molar-refractivity contribution in [1.82, 2.24) is 0 Å². The van der Waals surface area contributed by atoms with Crippen molar-refractivity contribution in [3.8, 4) is 36.5 Å². The van der Waals surface area contributed by atoms with Gasteiger partial charge in [-0.25, -0.2) is 0 Å². The van der Waals surface area contributed by atoms with Crippen LogP contribution >= 0.6 is 12.2 Å². The number of unbranched alkanes of at least 4 members (excludes halogenated alkanes) is 1. The minimum absolute atomic E-state index is 0. The fourth-order valence-electron chi connectivity index (χ4n) is 0. The molecule has 0 heterocycles. The van der Waals surface area contributed by atoms with E-state index in [1.807, 2.05) is 190 Å². The number of aldehydes is 1. The number of aliphatic carboxylic acids is 1. The number of halogens is 2. The van der Waals surface area contributed by atoms with E-state index in [0.717, 1.165) is 27.4 Å². The first-order valence-corrected chi connectivity index (χ1v) is 29.9. The van der Waals surface area contributed by atoms with Crippen LogP contribution in [0.15, 0.2) is 24.3 Å². The zero-order valence-corrected chi connectivity index (χ0v) is 73.8. The van der Waals surface area contributed by atoms with Gasteiger partial charge in [-0.3, -0.25) is 20.1 Å². The quantitative estimate of drug-likeness (QED) is 0.0181. The molecule has 0 aromatic rings. The van der Waals surface area contributed by atoms with Gasteiger partial charge in [-0.2, -0.15) is 8.78 Å². The van der Waals surface area contributed by atoms with Gasteiger partial charge in [0.2, 0.25) is 0 Å². The van der Waals surface area contributed by atoms with Crippen molar-refractivity contribution in [2.75, 3.05) is 28.4 Å². The van der Waals surface area contributed by atoms with E-state index >= 15 is 0 Å². The van der Waals surface area contributed by atoms with E-state index in [1.54, 1.807) is 55.6 Å². The zero-order chi connectivity index (χ0) is 78.0. The number of rotatable bonds is 2. The van der Waals surface area contributed by atoms with Crippen LogP contribution in [-0.2, 0) is 28.6 Å². The number of carbonyl (C=O) groups excluding carboxylic acids is 2. The third-order valence-electron chi connectivity index (χ3n) is 2.70. The Balaban J connectivity index is -0.0000000157. The van der Waals surface area contributed by atoms with Gasteiger partial charge in [-0.1, -0.05) is 223 Å². The predicted molar refractivity (Wildman–Crippen MR) is 391 cm³/mol. The smallest absolute Gasteiger partial charge is 0.870 e. The standard InChI is InChI=1S/C5H8O.C4H9O.C4H10.2C4H8.C4H6.C3H6F2O.C3H6O2.C3H6OS.C3H8.C3H4.C2H4O2.C2H4O.9C2H6.2CH5BO2.CH4O.K.Na.H2O2.H2O/c1-4-5(2,3)6;1-4(2,3)5;4*1-3-4-2;1-3(4,5)6-2;1-3(4)5-2;1-3(5)4-2;2*1-3-2;1-2(3)4;1-2-3;9*1-2;2*1-2(3)4;1-2;;;1-2;/h1,6H,2-3H3;1-3H3;3-4H2,1-2H3;2*3-4H,1-2H3;1-2H3;1-2H3;2*1-2H3;3H2,1-2H3;1H,2H3;1H3,(H,3,4);2H,1H3;9*1-2H3;2*3-4H,1H3;2H,1H3;;;1-2H;1H2/q;-1;;;;;;;;;;;;;;;;;;;;;;;;2*+1;;/p-1. The first-order valence-electron chi connectivity index (χ1n) is 29.5. The van der Waals surface area contributed by atoms with Crippen molar-refractivity contribution in [2.45, 2.75) is 320 Å². The molecule has 0 spiro atoms. The second kappa shape index (κ2) is 292. The summed E-state index contributed by atoms with van der Waals surface area (Å²) in [4.78, 5) is 27.4. The summed E-state index contributed by atoms with van der Waals surface area (Å²) in [5.74, 6) is 8.69. The van der Waals surface area contributed by atoms with E-state index in [4.69, 9.17) is 61.9 Å². The van der Waals surface area contributed by atoms with Crippen molar-refractivity contribution >= 4 is 49.7 Å². The molecule has 0 amide bonds. The maximum atomic E-state index is 11.2. The molecule has 0 rings (SSSR count). The number of hydrogen-bond donors (Lipinski definition) is 9. The van der Waals surface area contributed by atoms with Crippen LogP contribution in [0.1, 0.15) is 289 Å². The average Bonchev–Trinajstić information content (AvgIpc) is 3.49. The van der Waals surface area contributed by atoms with Gasteiger partial charge in [-0.05, 0) is 95.1 Å². The summed E-state index contributed by atoms with van der Waals surface area (Å²) >= 11 is 4.47. The summed E-state index contributed by atoms with van der Waals surface area (Å²) in [7, 11) is 2.53. The third-order valence-corrected chi connectivity index (χ3v) is 2.87. The van der Waals surface area contributed by atoms with Crippen LogP contribution in [-0.4, -0.2) is 135 Å². The molecule has 0 bridgehead atoms. The molecule has 0 aliphatic heterocycles. The zero-order valence-electron chi connectivity index (χ0n) is 67.8. The van der Waals surface area contributed by atoms with Crippen LogP contribution in [0.3, 0.4) is 0 Å². The fraction of sp³-hybridized carbons (Fsp3) is 0.785. The van der Waals surface area contributed by atoms with Gasteiger partial charge in [0.25, 0.3) is 5.97 Å². The number of carboxylic acids is 1. The van der Waals surface area contributed by atoms with Crippen molar-refractivity contribution in [3.63, 3.8) is 0 Å². The molecule has 0 saturated heterocycles. The molecule has 0 aromatic heterocycles. The molecule has 0 aromatic carbocycles. The van der Waals surface area contributed by atoms with E-state index in [2.05, 4.69) is 84.2 Å². The minimum atomic E-state index is -2.96. The molecule has 0 saturated carbocycles. The number of carbonyl (C=O) groups is 3. The van der Waals surface area contributed by atoms with Crippen LogP contribution in [0.5, 0.6) is 0 Å². The molecular formula is C65H158B2F2KNaO17S. The summed E-state index contributed by atoms with van der Waals surface area (Å²) in [5, 5.41) is 76.1. The second-order valence-electron chi connectivity index (χ2n) is 12.1. The summed E-state index contributed by atoms with van der Waals surface area (Å²) in [6.45, 7) is 74.8. The number of methoxy groups -OCH3 is 3. The Labute approximate surface area is 628 Å². The number of allylic oxidation sites excluding steroid dienone is 4. The number of aliphatic hydroxyl groups is 2. The Morgan fingerprint density at radius 2 is 0.663 bits per heavy atom. The Hall–Kier alpha value is -1.15. The molecule has 0 aliphatic rings. The molecule has 0 radical (unpaired) electrons. The third kappa shape index (κ3) is 3790. The molecule has 0 unspecified atom stereocenters. The Bertz CT molecular complexity index is 1000. The minimum Gasteiger partial charge on any atom is -0.870 e. The number of hydrogen-bond acceptors (Lipinski definition) is 17. The molecule has 0 atom stereocenters. The van der Waals surface area contributed by atoms with Gasteiger partial charge in [0.05, 0.1) is 14.2 Å². The first kappa shape index (κ1) is 191. The van der Waals surface area contributed by atoms with E-state index in [1.165, 1.54) is 53.9 Å². The van der Waals surface area contributed by atoms with Crippen molar-refractivity contribution in [2.24, 2.45) is 0 Å². The topological polar surface area (TPSA) is 314 Å². The van der Waals surface area contributed by atoms with E-state index in [-0.39, 0.29) is 92.4 Å². The molecular weight excluding hydrogens is 1210 g/mol. The largest absolute Gasteiger partial charge is 1.00 e. The summed E-state index contributed by atoms with van der Waals surface area (Å²) < 4.78 is 34.7. The predicted octanol–water partition coefficient (Wildman–Crippen LogP) is 12.2. The van der Waals surface area contributed by atoms with Gasteiger partial charge in [0.15, 0.2) is 5.05 Å². The fourth-order valence-corrected chi connectivity index (χ4v) is 0.